The molecule has 81 heavy (non-hydrogen) atoms. The molecule has 0 aromatic carbocycles. The summed E-state index contributed by atoms with van der Waals surface area (Å²) in [6.45, 7) is 4.94. The topological polar surface area (TPSA) is 95.9 Å². The molecule has 2 unspecified atom stereocenters. The van der Waals surface area contributed by atoms with Gasteiger partial charge in [-0.3, -0.25) is 9.59 Å². The van der Waals surface area contributed by atoms with Gasteiger partial charge in [0.25, 0.3) is 0 Å². The Hall–Kier alpha value is -1.92. The van der Waals surface area contributed by atoms with Gasteiger partial charge < -0.3 is 20.3 Å². The Bertz CT molecular complexity index is 1310. The first-order valence-corrected chi connectivity index (χ1v) is 36.8. The molecule has 0 heterocycles. The summed E-state index contributed by atoms with van der Waals surface area (Å²) in [5, 5.41) is 23.2. The van der Waals surface area contributed by atoms with E-state index in [4.69, 9.17) is 4.74 Å². The summed E-state index contributed by atoms with van der Waals surface area (Å²) >= 11 is 0. The summed E-state index contributed by atoms with van der Waals surface area (Å²) in [6, 6.07) is -0.627. The number of hydrogen-bond acceptors (Lipinski definition) is 5. The molecular weight excluding hydrogens is 995 g/mol. The van der Waals surface area contributed by atoms with Gasteiger partial charge in [-0.1, -0.05) is 365 Å². The standard InChI is InChI=1S/C75H143NO5/c1-3-5-7-9-11-13-15-17-18-19-35-38-41-44-47-51-55-59-63-67-73(78)72(71-77)76-74(79)68-64-60-56-52-48-45-42-39-36-33-31-29-27-25-23-21-20-22-24-26-28-30-32-34-37-40-43-46-50-54-58-62-66-70-81-75(80)69-65-61-57-53-49-16-14-12-10-8-6-4-2/h24,26,30,32,63,67,72-73,77-78H,3-23,25,27-29,31,33-62,64-66,68-71H2,1-2H3,(H,76,79)/b26-24-,32-30-,67-63+. The number of unbranched alkanes of at least 4 members (excludes halogenated alkanes) is 54. The summed E-state index contributed by atoms with van der Waals surface area (Å²) in [6.07, 6.45) is 91.0. The molecule has 0 aromatic heterocycles. The molecule has 0 aliphatic carbocycles. The number of rotatable bonds is 69. The molecule has 0 rings (SSSR count). The van der Waals surface area contributed by atoms with Crippen LogP contribution in [0.5, 0.6) is 0 Å². The van der Waals surface area contributed by atoms with Crippen molar-refractivity contribution in [2.75, 3.05) is 13.2 Å². The van der Waals surface area contributed by atoms with Crippen molar-refractivity contribution in [3.8, 4) is 0 Å². The van der Waals surface area contributed by atoms with Gasteiger partial charge in [0.2, 0.25) is 5.91 Å². The van der Waals surface area contributed by atoms with Gasteiger partial charge in [0.15, 0.2) is 0 Å². The van der Waals surface area contributed by atoms with Crippen molar-refractivity contribution >= 4 is 11.9 Å². The summed E-state index contributed by atoms with van der Waals surface area (Å²) in [4.78, 5) is 24.5. The van der Waals surface area contributed by atoms with Crippen molar-refractivity contribution in [1.29, 1.82) is 0 Å². The zero-order valence-corrected chi connectivity index (χ0v) is 54.8. The van der Waals surface area contributed by atoms with Crippen molar-refractivity contribution < 1.29 is 24.5 Å². The first-order chi connectivity index (χ1) is 40.0. The number of carbonyl (C=O) groups is 2. The van der Waals surface area contributed by atoms with Crippen molar-refractivity contribution in [1.82, 2.24) is 5.32 Å². The van der Waals surface area contributed by atoms with Gasteiger partial charge in [-0.05, 0) is 64.2 Å². The Kier molecular flexibility index (Phi) is 68.9. The van der Waals surface area contributed by atoms with Crippen LogP contribution in [-0.4, -0.2) is 47.4 Å². The summed E-state index contributed by atoms with van der Waals surface area (Å²) in [5.74, 6) is -0.0475. The molecule has 3 N–H and O–H groups in total. The molecular formula is C75H143NO5. The fourth-order valence-corrected chi connectivity index (χ4v) is 11.6. The molecule has 0 aliphatic rings. The molecule has 0 spiro atoms. The highest BCUT2D eigenvalue weighted by Gasteiger charge is 2.18. The summed E-state index contributed by atoms with van der Waals surface area (Å²) < 4.78 is 5.48. The highest BCUT2D eigenvalue weighted by molar-refractivity contribution is 5.76. The highest BCUT2D eigenvalue weighted by Crippen LogP contribution is 2.19. The van der Waals surface area contributed by atoms with E-state index in [1.54, 1.807) is 6.08 Å². The van der Waals surface area contributed by atoms with E-state index in [9.17, 15) is 19.8 Å². The molecule has 0 saturated heterocycles. The third-order valence-corrected chi connectivity index (χ3v) is 17.2. The molecule has 478 valence electrons. The average molecular weight is 1140 g/mol. The number of carbonyl (C=O) groups excluding carboxylic acids is 2. The lowest BCUT2D eigenvalue weighted by atomic mass is 10.0. The maximum absolute atomic E-state index is 12.5. The van der Waals surface area contributed by atoms with E-state index in [1.165, 1.54) is 334 Å². The van der Waals surface area contributed by atoms with Crippen LogP contribution in [0, 0.1) is 0 Å². The van der Waals surface area contributed by atoms with E-state index < -0.39 is 12.1 Å². The molecule has 0 aromatic rings. The first-order valence-electron chi connectivity index (χ1n) is 36.8. The third kappa shape index (κ3) is 67.1. The van der Waals surface area contributed by atoms with Crippen molar-refractivity contribution in [2.45, 2.75) is 418 Å². The minimum Gasteiger partial charge on any atom is -0.466 e. The van der Waals surface area contributed by atoms with Gasteiger partial charge >= 0.3 is 5.97 Å². The average Bonchev–Trinajstić information content (AvgIpc) is 3.47. The molecule has 6 heteroatoms. The Labute approximate surface area is 506 Å². The minimum absolute atomic E-state index is 0.0151. The maximum Gasteiger partial charge on any atom is 0.305 e. The quantitative estimate of drug-likeness (QED) is 0.0320. The van der Waals surface area contributed by atoms with Gasteiger partial charge in [0, 0.05) is 12.8 Å². The molecule has 0 radical (unpaired) electrons. The van der Waals surface area contributed by atoms with Crippen LogP contribution in [0.2, 0.25) is 0 Å². The second kappa shape index (κ2) is 70.6. The van der Waals surface area contributed by atoms with Crippen LogP contribution < -0.4 is 5.32 Å². The van der Waals surface area contributed by atoms with Crippen LogP contribution in [0.1, 0.15) is 406 Å². The second-order valence-electron chi connectivity index (χ2n) is 25.3. The lowest BCUT2D eigenvalue weighted by molar-refractivity contribution is -0.143. The lowest BCUT2D eigenvalue weighted by Gasteiger charge is -2.20. The Morgan fingerprint density at radius 3 is 0.938 bits per heavy atom. The predicted molar refractivity (Wildman–Crippen MR) is 356 cm³/mol. The number of hydrogen-bond donors (Lipinski definition) is 3. The molecule has 0 aliphatic heterocycles. The Morgan fingerprint density at radius 2 is 0.617 bits per heavy atom. The van der Waals surface area contributed by atoms with E-state index >= 15 is 0 Å². The van der Waals surface area contributed by atoms with Crippen molar-refractivity contribution in [2.24, 2.45) is 0 Å². The van der Waals surface area contributed by atoms with Crippen LogP contribution in [0.25, 0.3) is 0 Å². The second-order valence-corrected chi connectivity index (χ2v) is 25.3. The van der Waals surface area contributed by atoms with E-state index in [2.05, 4.69) is 43.5 Å². The van der Waals surface area contributed by atoms with E-state index in [1.807, 2.05) is 6.08 Å². The fraction of sp³-hybridized carbons (Fsp3) is 0.893. The molecule has 6 nitrogen and oxygen atoms in total. The monoisotopic (exact) mass is 1140 g/mol. The highest BCUT2D eigenvalue weighted by atomic mass is 16.5. The van der Waals surface area contributed by atoms with Crippen LogP contribution >= 0.6 is 0 Å². The number of allylic oxidation sites excluding steroid dienone is 5. The van der Waals surface area contributed by atoms with Crippen LogP contribution in [0.15, 0.2) is 36.5 Å². The lowest BCUT2D eigenvalue weighted by Crippen LogP contribution is -2.45. The van der Waals surface area contributed by atoms with Gasteiger partial charge in [-0.2, -0.15) is 0 Å². The summed E-state index contributed by atoms with van der Waals surface area (Å²) in [5.41, 5.74) is 0. The van der Waals surface area contributed by atoms with Crippen molar-refractivity contribution in [3.05, 3.63) is 36.5 Å². The molecule has 0 saturated carbocycles. The normalized spacial score (nSPS) is 12.7. The third-order valence-electron chi connectivity index (χ3n) is 17.2. The maximum atomic E-state index is 12.5. The number of aliphatic hydroxyl groups is 2. The predicted octanol–water partition coefficient (Wildman–Crippen LogP) is 23.9. The smallest absolute Gasteiger partial charge is 0.305 e. The Morgan fingerprint density at radius 1 is 0.346 bits per heavy atom. The molecule has 1 amide bonds. The van der Waals surface area contributed by atoms with Gasteiger partial charge in [0.05, 0.1) is 25.4 Å². The van der Waals surface area contributed by atoms with Crippen LogP contribution in [0.3, 0.4) is 0 Å². The fourth-order valence-electron chi connectivity index (χ4n) is 11.6. The van der Waals surface area contributed by atoms with Gasteiger partial charge in [-0.15, -0.1) is 0 Å². The van der Waals surface area contributed by atoms with Gasteiger partial charge in [0.1, 0.15) is 0 Å². The SMILES string of the molecule is CCCCCCCCCCCCCCCCCCC/C=C/C(O)C(CO)NC(=O)CCCCCCCCCCCCCCCCCCC/C=C\C/C=C\CCCCCCCCCCCOC(=O)CCCCCCCCCCCCCC. The zero-order valence-electron chi connectivity index (χ0n) is 54.8. The van der Waals surface area contributed by atoms with Crippen molar-refractivity contribution in [3.63, 3.8) is 0 Å². The van der Waals surface area contributed by atoms with E-state index in [0.29, 0.717) is 19.4 Å². The minimum atomic E-state index is -0.844. The number of esters is 1. The van der Waals surface area contributed by atoms with Crippen LogP contribution in [-0.2, 0) is 14.3 Å². The number of amides is 1. The zero-order chi connectivity index (χ0) is 58.5. The largest absolute Gasteiger partial charge is 0.466 e. The number of ether oxygens (including phenoxy) is 1. The number of nitrogens with one attached hydrogen (secondary N) is 1. The van der Waals surface area contributed by atoms with E-state index in [-0.39, 0.29) is 18.5 Å². The van der Waals surface area contributed by atoms with Gasteiger partial charge in [-0.25, -0.2) is 0 Å². The van der Waals surface area contributed by atoms with Crippen LogP contribution in [0.4, 0.5) is 0 Å². The van der Waals surface area contributed by atoms with E-state index in [0.717, 1.165) is 44.9 Å². The molecule has 0 bridgehead atoms. The Balaban J connectivity index is 3.40. The molecule has 0 fully saturated rings. The molecule has 2 atom stereocenters. The first kappa shape index (κ1) is 79.1. The summed E-state index contributed by atoms with van der Waals surface area (Å²) in [7, 11) is 0. The number of aliphatic hydroxyl groups excluding tert-OH is 2.